The number of ether oxygens (including phenoxy) is 3. The molecule has 0 radical (unpaired) electrons. The number of anilines is 1. The molecule has 1 aliphatic rings. The number of methoxy groups -OCH3 is 2. The van der Waals surface area contributed by atoms with E-state index >= 15 is 0 Å². The highest BCUT2D eigenvalue weighted by Gasteiger charge is 2.29. The van der Waals surface area contributed by atoms with Crippen LogP contribution in [0.1, 0.15) is 23.7 Å². The van der Waals surface area contributed by atoms with E-state index in [9.17, 15) is 14.9 Å². The van der Waals surface area contributed by atoms with E-state index in [0.717, 1.165) is 24.4 Å². The second kappa shape index (κ2) is 10.0. The van der Waals surface area contributed by atoms with Gasteiger partial charge in [-0.05, 0) is 37.6 Å². The lowest BCUT2D eigenvalue weighted by atomic mass is 10.1. The lowest BCUT2D eigenvalue weighted by Gasteiger charge is -2.24. The van der Waals surface area contributed by atoms with E-state index in [2.05, 4.69) is 4.90 Å². The molecule has 1 heterocycles. The Morgan fingerprint density at radius 3 is 2.39 bits per heavy atom. The fourth-order valence-electron chi connectivity index (χ4n) is 3.64. The molecule has 0 atom stereocenters. The van der Waals surface area contributed by atoms with Crippen molar-refractivity contribution in [1.29, 1.82) is 0 Å². The number of carbonyl (C=O) groups excluding carboxylic acids is 1. The SMILES string of the molecule is CCOc1cc([N+](=O)[O-])c(C(=O)N2CCCN(c3ccc(OC)cc3)CC2)cc1OC. The number of nitro groups is 1. The highest BCUT2D eigenvalue weighted by Crippen LogP contribution is 2.35. The molecule has 1 aliphatic heterocycles. The Morgan fingerprint density at radius 1 is 1.03 bits per heavy atom. The molecule has 0 aliphatic carbocycles. The van der Waals surface area contributed by atoms with Crippen LogP contribution in [0.3, 0.4) is 0 Å². The number of hydrogen-bond acceptors (Lipinski definition) is 7. The zero-order valence-corrected chi connectivity index (χ0v) is 18.0. The maximum atomic E-state index is 13.2. The predicted molar refractivity (Wildman–Crippen MR) is 117 cm³/mol. The van der Waals surface area contributed by atoms with Crippen molar-refractivity contribution in [3.63, 3.8) is 0 Å². The summed E-state index contributed by atoms with van der Waals surface area (Å²) < 4.78 is 15.9. The zero-order chi connectivity index (χ0) is 22.4. The molecular formula is C22H27N3O6. The third kappa shape index (κ3) is 4.99. The van der Waals surface area contributed by atoms with Gasteiger partial charge in [-0.15, -0.1) is 0 Å². The van der Waals surface area contributed by atoms with E-state index in [4.69, 9.17) is 14.2 Å². The number of carbonyl (C=O) groups is 1. The minimum atomic E-state index is -0.559. The first-order chi connectivity index (χ1) is 15.0. The van der Waals surface area contributed by atoms with Crippen molar-refractivity contribution in [2.75, 3.05) is 51.9 Å². The van der Waals surface area contributed by atoms with Gasteiger partial charge in [0, 0.05) is 37.9 Å². The van der Waals surface area contributed by atoms with E-state index in [-0.39, 0.29) is 22.9 Å². The van der Waals surface area contributed by atoms with E-state index in [1.807, 2.05) is 24.3 Å². The fourth-order valence-corrected chi connectivity index (χ4v) is 3.64. The summed E-state index contributed by atoms with van der Waals surface area (Å²) in [7, 11) is 3.07. The van der Waals surface area contributed by atoms with Crippen molar-refractivity contribution in [3.05, 3.63) is 52.1 Å². The molecule has 9 heteroatoms. The molecule has 0 unspecified atom stereocenters. The van der Waals surface area contributed by atoms with Crippen molar-refractivity contribution in [2.24, 2.45) is 0 Å². The molecule has 9 nitrogen and oxygen atoms in total. The minimum absolute atomic E-state index is 0.00296. The average Bonchev–Trinajstić information content (AvgIpc) is 3.05. The van der Waals surface area contributed by atoms with Crippen molar-refractivity contribution in [3.8, 4) is 17.2 Å². The van der Waals surface area contributed by atoms with Crippen molar-refractivity contribution < 1.29 is 23.9 Å². The molecule has 0 aromatic heterocycles. The van der Waals surface area contributed by atoms with Crippen molar-refractivity contribution >= 4 is 17.3 Å². The van der Waals surface area contributed by atoms with Crippen LogP contribution in [0.15, 0.2) is 36.4 Å². The van der Waals surface area contributed by atoms with Crippen molar-refractivity contribution in [2.45, 2.75) is 13.3 Å². The molecule has 166 valence electrons. The number of rotatable bonds is 7. The normalized spacial score (nSPS) is 14.0. The summed E-state index contributed by atoms with van der Waals surface area (Å²) in [5.41, 5.74) is 0.762. The average molecular weight is 429 g/mol. The maximum absolute atomic E-state index is 13.2. The Hall–Kier alpha value is -3.49. The number of amides is 1. The lowest BCUT2D eigenvalue weighted by Crippen LogP contribution is -2.35. The van der Waals surface area contributed by atoms with Gasteiger partial charge in [-0.2, -0.15) is 0 Å². The summed E-state index contributed by atoms with van der Waals surface area (Å²) >= 11 is 0. The summed E-state index contributed by atoms with van der Waals surface area (Å²) in [6.45, 7) is 4.48. The molecule has 1 saturated heterocycles. The van der Waals surface area contributed by atoms with Crippen LogP contribution in [0.2, 0.25) is 0 Å². The molecule has 1 fully saturated rings. The van der Waals surface area contributed by atoms with Gasteiger partial charge >= 0.3 is 0 Å². The molecule has 3 rings (SSSR count). The van der Waals surface area contributed by atoms with Crippen LogP contribution in [0.5, 0.6) is 17.2 Å². The van der Waals surface area contributed by atoms with E-state index < -0.39 is 4.92 Å². The summed E-state index contributed by atoms with van der Waals surface area (Å²) in [5, 5.41) is 11.6. The Balaban J connectivity index is 1.81. The van der Waals surface area contributed by atoms with Crippen LogP contribution in [0, 0.1) is 10.1 Å². The molecule has 0 spiro atoms. The van der Waals surface area contributed by atoms with Gasteiger partial charge in [-0.1, -0.05) is 0 Å². The standard InChI is InChI=1S/C22H27N3O6/c1-4-31-21-15-19(25(27)28)18(14-20(21)30-3)22(26)24-11-5-10-23(12-13-24)16-6-8-17(29-2)9-7-16/h6-9,14-15H,4-5,10-13H2,1-3H3. The van der Waals surface area contributed by atoms with E-state index in [0.29, 0.717) is 32.0 Å². The van der Waals surface area contributed by atoms with Gasteiger partial charge in [0.25, 0.3) is 11.6 Å². The molecule has 31 heavy (non-hydrogen) atoms. The molecule has 2 aromatic rings. The number of benzene rings is 2. The second-order valence-corrected chi connectivity index (χ2v) is 7.04. The molecular weight excluding hydrogens is 402 g/mol. The molecule has 1 amide bonds. The Bertz CT molecular complexity index is 932. The molecule has 0 N–H and O–H groups in total. The zero-order valence-electron chi connectivity index (χ0n) is 18.0. The summed E-state index contributed by atoms with van der Waals surface area (Å²) in [4.78, 5) is 28.2. The minimum Gasteiger partial charge on any atom is -0.497 e. The van der Waals surface area contributed by atoms with Crippen LogP contribution in [-0.4, -0.2) is 62.7 Å². The number of hydrogen-bond donors (Lipinski definition) is 0. The van der Waals surface area contributed by atoms with Crippen LogP contribution in [0.4, 0.5) is 11.4 Å². The van der Waals surface area contributed by atoms with Crippen molar-refractivity contribution in [1.82, 2.24) is 4.90 Å². The molecule has 2 aromatic carbocycles. The quantitative estimate of drug-likeness (QED) is 0.492. The first-order valence-corrected chi connectivity index (χ1v) is 10.2. The number of nitrogens with zero attached hydrogens (tertiary/aromatic N) is 3. The van der Waals surface area contributed by atoms with Crippen LogP contribution >= 0.6 is 0 Å². The second-order valence-electron chi connectivity index (χ2n) is 7.04. The Morgan fingerprint density at radius 2 is 1.77 bits per heavy atom. The highest BCUT2D eigenvalue weighted by molar-refractivity contribution is 5.99. The van der Waals surface area contributed by atoms with Crippen LogP contribution < -0.4 is 19.1 Å². The van der Waals surface area contributed by atoms with E-state index in [1.165, 1.54) is 19.2 Å². The smallest absolute Gasteiger partial charge is 0.286 e. The lowest BCUT2D eigenvalue weighted by molar-refractivity contribution is -0.385. The topological polar surface area (TPSA) is 94.4 Å². The first kappa shape index (κ1) is 22.2. The van der Waals surface area contributed by atoms with Gasteiger partial charge in [0.15, 0.2) is 11.5 Å². The molecule has 0 saturated carbocycles. The molecule has 0 bridgehead atoms. The third-order valence-electron chi connectivity index (χ3n) is 5.23. The Kier molecular flexibility index (Phi) is 7.17. The number of nitro benzene ring substituents is 1. The van der Waals surface area contributed by atoms with Gasteiger partial charge in [0.1, 0.15) is 11.3 Å². The monoisotopic (exact) mass is 429 g/mol. The third-order valence-corrected chi connectivity index (χ3v) is 5.23. The maximum Gasteiger partial charge on any atom is 0.286 e. The summed E-state index contributed by atoms with van der Waals surface area (Å²) in [5.74, 6) is 0.942. The fraction of sp³-hybridized carbons (Fsp3) is 0.409. The highest BCUT2D eigenvalue weighted by atomic mass is 16.6. The predicted octanol–water partition coefficient (Wildman–Crippen LogP) is 3.36. The van der Waals surface area contributed by atoms with Gasteiger partial charge in [0.05, 0.1) is 31.8 Å². The summed E-state index contributed by atoms with van der Waals surface area (Å²) in [6.07, 6.45) is 0.750. The summed E-state index contributed by atoms with van der Waals surface area (Å²) in [6, 6.07) is 10.4. The van der Waals surface area contributed by atoms with Gasteiger partial charge in [-0.3, -0.25) is 14.9 Å². The first-order valence-electron chi connectivity index (χ1n) is 10.2. The Labute approximate surface area is 181 Å². The van der Waals surface area contributed by atoms with E-state index in [1.54, 1.807) is 18.9 Å². The van der Waals surface area contributed by atoms with Crippen LogP contribution in [0.25, 0.3) is 0 Å². The van der Waals surface area contributed by atoms with Gasteiger partial charge < -0.3 is 24.0 Å². The van der Waals surface area contributed by atoms with Crippen LogP contribution in [-0.2, 0) is 0 Å². The van der Waals surface area contributed by atoms with Gasteiger partial charge in [-0.25, -0.2) is 0 Å². The van der Waals surface area contributed by atoms with Gasteiger partial charge in [0.2, 0.25) is 0 Å². The largest absolute Gasteiger partial charge is 0.497 e.